The zero-order valence-electron chi connectivity index (χ0n) is 18.6. The minimum absolute atomic E-state index is 0.0340. The number of aromatic hydroxyl groups is 1. The van der Waals surface area contributed by atoms with Crippen LogP contribution in [0.25, 0.3) is 22.1 Å². The van der Waals surface area contributed by atoms with Gasteiger partial charge in [0, 0.05) is 5.92 Å². The summed E-state index contributed by atoms with van der Waals surface area (Å²) >= 11 is 0. The second kappa shape index (κ2) is 8.35. The summed E-state index contributed by atoms with van der Waals surface area (Å²) in [7, 11) is 0. The molecule has 0 saturated heterocycles. The van der Waals surface area contributed by atoms with Crippen molar-refractivity contribution in [3.05, 3.63) is 136 Å². The third-order valence-electron chi connectivity index (χ3n) is 7.07. The molecule has 3 heteroatoms. The maximum Gasteiger partial charge on any atom is 0.343 e. The molecule has 1 aliphatic carbocycles. The van der Waals surface area contributed by atoms with Gasteiger partial charge in [0.1, 0.15) is 11.3 Å². The van der Waals surface area contributed by atoms with Gasteiger partial charge >= 0.3 is 5.63 Å². The Morgan fingerprint density at radius 3 is 2.24 bits per heavy atom. The minimum atomic E-state index is -0.462. The van der Waals surface area contributed by atoms with E-state index in [2.05, 4.69) is 48.5 Å². The second-order valence-electron chi connectivity index (χ2n) is 9.02. The van der Waals surface area contributed by atoms with Gasteiger partial charge in [0.15, 0.2) is 0 Å². The van der Waals surface area contributed by atoms with E-state index in [1.807, 2.05) is 36.4 Å². The van der Waals surface area contributed by atoms with Crippen molar-refractivity contribution in [2.75, 3.05) is 0 Å². The molecular weight excluding hydrogens is 420 g/mol. The highest BCUT2D eigenvalue weighted by Crippen LogP contribution is 2.45. The highest BCUT2D eigenvalue weighted by molar-refractivity contribution is 5.84. The maximum absolute atomic E-state index is 13.1. The molecule has 0 amide bonds. The number of para-hydroxylation sites is 1. The summed E-state index contributed by atoms with van der Waals surface area (Å²) < 4.78 is 5.63. The number of hydrogen-bond donors (Lipinski definition) is 1. The summed E-state index contributed by atoms with van der Waals surface area (Å²) in [5, 5.41) is 11.7. The van der Waals surface area contributed by atoms with Crippen molar-refractivity contribution >= 4 is 11.0 Å². The number of rotatable bonds is 3. The molecule has 34 heavy (non-hydrogen) atoms. The Morgan fingerprint density at radius 2 is 1.41 bits per heavy atom. The largest absolute Gasteiger partial charge is 0.507 e. The fraction of sp³-hybridized carbons (Fsp3) is 0.129. The molecule has 1 N–H and O–H groups in total. The molecule has 1 aromatic heterocycles. The van der Waals surface area contributed by atoms with E-state index in [0.29, 0.717) is 16.5 Å². The average molecular weight is 445 g/mol. The van der Waals surface area contributed by atoms with E-state index >= 15 is 0 Å². The van der Waals surface area contributed by atoms with Gasteiger partial charge in [0.05, 0.1) is 10.9 Å². The van der Waals surface area contributed by atoms with Crippen LogP contribution in [0.15, 0.2) is 112 Å². The number of benzene rings is 4. The van der Waals surface area contributed by atoms with E-state index in [1.165, 1.54) is 22.3 Å². The molecule has 2 unspecified atom stereocenters. The lowest BCUT2D eigenvalue weighted by molar-refractivity contribution is 0.437. The van der Waals surface area contributed by atoms with E-state index in [0.717, 1.165) is 18.4 Å². The Balaban J connectivity index is 1.43. The third-order valence-corrected chi connectivity index (χ3v) is 7.07. The van der Waals surface area contributed by atoms with Gasteiger partial charge < -0.3 is 9.52 Å². The molecular formula is C31H24O3. The van der Waals surface area contributed by atoms with E-state index < -0.39 is 5.63 Å². The van der Waals surface area contributed by atoms with Crippen LogP contribution >= 0.6 is 0 Å². The van der Waals surface area contributed by atoms with Crippen molar-refractivity contribution in [3.63, 3.8) is 0 Å². The summed E-state index contributed by atoms with van der Waals surface area (Å²) in [4.78, 5) is 13.1. The van der Waals surface area contributed by atoms with E-state index in [1.54, 1.807) is 18.2 Å². The van der Waals surface area contributed by atoms with Crippen LogP contribution in [0.5, 0.6) is 5.75 Å². The Labute approximate surface area is 197 Å². The Hall–Kier alpha value is -4.11. The molecule has 0 saturated carbocycles. The Bertz CT molecular complexity index is 1530. The van der Waals surface area contributed by atoms with Crippen molar-refractivity contribution < 1.29 is 9.52 Å². The van der Waals surface area contributed by atoms with Crippen LogP contribution in [0.4, 0.5) is 0 Å². The first-order valence-electron chi connectivity index (χ1n) is 11.7. The second-order valence-corrected chi connectivity index (χ2v) is 9.02. The van der Waals surface area contributed by atoms with Crippen LogP contribution in [-0.2, 0) is 6.42 Å². The quantitative estimate of drug-likeness (QED) is 0.304. The van der Waals surface area contributed by atoms with Gasteiger partial charge in [-0.1, -0.05) is 91.0 Å². The predicted molar refractivity (Wildman–Crippen MR) is 135 cm³/mol. The fourth-order valence-electron chi connectivity index (χ4n) is 5.38. The lowest BCUT2D eigenvalue weighted by Gasteiger charge is -2.32. The summed E-state index contributed by atoms with van der Waals surface area (Å²) in [5.74, 6) is 0.0336. The monoisotopic (exact) mass is 444 g/mol. The van der Waals surface area contributed by atoms with Crippen LogP contribution in [0.3, 0.4) is 0 Å². The van der Waals surface area contributed by atoms with Crippen LogP contribution in [0.1, 0.15) is 40.5 Å². The molecule has 1 aliphatic rings. The van der Waals surface area contributed by atoms with Crippen molar-refractivity contribution in [2.45, 2.75) is 24.7 Å². The van der Waals surface area contributed by atoms with Gasteiger partial charge in [-0.2, -0.15) is 0 Å². The summed E-state index contributed by atoms with van der Waals surface area (Å²) in [6.07, 6.45) is 1.63. The Kier molecular flexibility index (Phi) is 5.03. The van der Waals surface area contributed by atoms with Gasteiger partial charge in [-0.3, -0.25) is 0 Å². The van der Waals surface area contributed by atoms with Crippen LogP contribution in [0, 0.1) is 0 Å². The molecule has 6 rings (SSSR count). The van der Waals surface area contributed by atoms with Gasteiger partial charge in [-0.25, -0.2) is 4.79 Å². The molecule has 4 aromatic carbocycles. The van der Waals surface area contributed by atoms with Crippen molar-refractivity contribution in [1.82, 2.24) is 0 Å². The van der Waals surface area contributed by atoms with Gasteiger partial charge in [0.2, 0.25) is 0 Å². The first-order chi connectivity index (χ1) is 16.7. The van der Waals surface area contributed by atoms with Gasteiger partial charge in [-0.05, 0) is 58.7 Å². The van der Waals surface area contributed by atoms with Crippen LogP contribution in [0.2, 0.25) is 0 Å². The molecule has 2 atom stereocenters. The summed E-state index contributed by atoms with van der Waals surface area (Å²) in [6.45, 7) is 0. The maximum atomic E-state index is 13.1. The molecule has 3 nitrogen and oxygen atoms in total. The SMILES string of the molecule is O=c1oc2ccccc2c(O)c1C1CC(c2ccc(-c3ccccc3)cc2)Cc2ccccc21. The summed E-state index contributed by atoms with van der Waals surface area (Å²) in [6, 6.07) is 34.5. The molecule has 166 valence electrons. The first kappa shape index (κ1) is 20.5. The zero-order valence-corrected chi connectivity index (χ0v) is 18.6. The Morgan fingerprint density at radius 1 is 0.735 bits per heavy atom. The zero-order chi connectivity index (χ0) is 23.1. The van der Waals surface area contributed by atoms with Crippen LogP contribution < -0.4 is 5.63 Å². The molecule has 0 bridgehead atoms. The molecule has 5 aromatic rings. The van der Waals surface area contributed by atoms with Gasteiger partial charge in [0.25, 0.3) is 0 Å². The molecule has 0 radical (unpaired) electrons. The minimum Gasteiger partial charge on any atom is -0.507 e. The highest BCUT2D eigenvalue weighted by atomic mass is 16.4. The van der Waals surface area contributed by atoms with Crippen molar-refractivity contribution in [2.24, 2.45) is 0 Å². The highest BCUT2D eigenvalue weighted by Gasteiger charge is 2.33. The lowest BCUT2D eigenvalue weighted by Crippen LogP contribution is -2.23. The van der Waals surface area contributed by atoms with Crippen molar-refractivity contribution in [3.8, 4) is 16.9 Å². The lowest BCUT2D eigenvalue weighted by atomic mass is 9.72. The van der Waals surface area contributed by atoms with Crippen LogP contribution in [-0.4, -0.2) is 5.11 Å². The molecule has 0 aliphatic heterocycles. The normalized spacial score (nSPS) is 17.4. The topological polar surface area (TPSA) is 50.4 Å². The van der Waals surface area contributed by atoms with E-state index in [4.69, 9.17) is 4.42 Å². The van der Waals surface area contributed by atoms with E-state index in [-0.39, 0.29) is 17.6 Å². The summed E-state index contributed by atoms with van der Waals surface area (Å²) in [5.41, 5.74) is 6.23. The average Bonchev–Trinajstić information content (AvgIpc) is 2.89. The van der Waals surface area contributed by atoms with E-state index in [9.17, 15) is 9.90 Å². The smallest absolute Gasteiger partial charge is 0.343 e. The molecule has 0 spiro atoms. The number of hydrogen-bond acceptors (Lipinski definition) is 3. The number of fused-ring (bicyclic) bond motifs is 2. The van der Waals surface area contributed by atoms with Crippen molar-refractivity contribution in [1.29, 1.82) is 0 Å². The molecule has 0 fully saturated rings. The standard InChI is InChI=1S/C31H24O3/c32-30-26-12-6-7-13-28(26)34-31(33)29(30)27-19-24(18-23-10-4-5-11-25(23)27)22-16-14-21(15-17-22)20-8-2-1-3-9-20/h1-17,24,27,32H,18-19H2. The molecule has 1 heterocycles. The van der Waals surface area contributed by atoms with Gasteiger partial charge in [-0.15, -0.1) is 0 Å². The first-order valence-corrected chi connectivity index (χ1v) is 11.7. The fourth-order valence-corrected chi connectivity index (χ4v) is 5.38. The third kappa shape index (κ3) is 3.50. The predicted octanol–water partition coefficient (Wildman–Crippen LogP) is 7.03.